The summed E-state index contributed by atoms with van der Waals surface area (Å²) in [6.45, 7) is 4.74. The van der Waals surface area contributed by atoms with Crippen molar-refractivity contribution in [1.82, 2.24) is 0 Å². The van der Waals surface area contributed by atoms with Crippen molar-refractivity contribution < 1.29 is 9.47 Å². The van der Waals surface area contributed by atoms with Crippen molar-refractivity contribution >= 4 is 12.6 Å². The summed E-state index contributed by atoms with van der Waals surface area (Å²) in [5.41, 5.74) is 0. The molecule has 0 radical (unpaired) electrons. The van der Waals surface area contributed by atoms with Crippen LogP contribution in [0, 0.1) is 5.92 Å². The van der Waals surface area contributed by atoms with Gasteiger partial charge in [-0.2, -0.15) is 12.6 Å². The van der Waals surface area contributed by atoms with E-state index in [0.29, 0.717) is 12.0 Å². The number of rotatable bonds is 7. The van der Waals surface area contributed by atoms with Gasteiger partial charge in [-0.1, -0.05) is 13.3 Å². The Morgan fingerprint density at radius 2 is 2.43 bits per heavy atom. The Kier molecular flexibility index (Phi) is 6.65. The van der Waals surface area contributed by atoms with E-state index in [1.54, 1.807) is 0 Å². The van der Waals surface area contributed by atoms with E-state index in [2.05, 4.69) is 19.6 Å². The fraction of sp³-hybridized carbons (Fsp3) is 1.00. The smallest absolute Gasteiger partial charge is 0.0809 e. The first-order valence-electron chi connectivity index (χ1n) is 5.67. The molecule has 1 fully saturated rings. The number of hydrogen-bond acceptors (Lipinski definition) is 3. The zero-order chi connectivity index (χ0) is 10.2. The van der Waals surface area contributed by atoms with Crippen LogP contribution in [-0.2, 0) is 9.47 Å². The molecule has 2 atom stereocenters. The van der Waals surface area contributed by atoms with Crippen LogP contribution in [0.2, 0.25) is 0 Å². The minimum atomic E-state index is 0.359. The molecule has 1 heterocycles. The van der Waals surface area contributed by atoms with Gasteiger partial charge in [-0.25, -0.2) is 0 Å². The fourth-order valence-electron chi connectivity index (χ4n) is 1.78. The average molecular weight is 218 g/mol. The summed E-state index contributed by atoms with van der Waals surface area (Å²) in [5, 5.41) is 0. The van der Waals surface area contributed by atoms with Crippen molar-refractivity contribution in [3.63, 3.8) is 0 Å². The summed E-state index contributed by atoms with van der Waals surface area (Å²) in [6, 6.07) is 0. The standard InChI is InChI=1S/C11H22O2S/c1-2-4-10(9-14)7-12-8-11-5-3-6-13-11/h10-11,14H,2-9H2,1H3. The predicted octanol–water partition coefficient (Wildman–Crippen LogP) is 2.53. The average Bonchev–Trinajstić information content (AvgIpc) is 2.69. The highest BCUT2D eigenvalue weighted by Crippen LogP contribution is 2.14. The number of hydrogen-bond donors (Lipinski definition) is 1. The van der Waals surface area contributed by atoms with E-state index < -0.39 is 0 Å². The molecule has 0 amide bonds. The lowest BCUT2D eigenvalue weighted by molar-refractivity contribution is 0.00678. The van der Waals surface area contributed by atoms with Crippen molar-refractivity contribution in [3.8, 4) is 0 Å². The van der Waals surface area contributed by atoms with E-state index in [4.69, 9.17) is 9.47 Å². The first kappa shape index (κ1) is 12.3. The van der Waals surface area contributed by atoms with Crippen LogP contribution in [-0.4, -0.2) is 31.7 Å². The summed E-state index contributed by atoms with van der Waals surface area (Å²) in [4.78, 5) is 0. The fourth-order valence-corrected chi connectivity index (χ4v) is 2.07. The molecule has 0 aromatic heterocycles. The molecule has 84 valence electrons. The third-order valence-electron chi connectivity index (χ3n) is 2.64. The molecule has 3 heteroatoms. The summed E-state index contributed by atoms with van der Waals surface area (Å²) in [6.07, 6.45) is 5.15. The normalized spacial score (nSPS) is 24.0. The van der Waals surface area contributed by atoms with Crippen LogP contribution in [0.1, 0.15) is 32.6 Å². The van der Waals surface area contributed by atoms with Crippen LogP contribution in [0.15, 0.2) is 0 Å². The van der Waals surface area contributed by atoms with Crippen LogP contribution < -0.4 is 0 Å². The van der Waals surface area contributed by atoms with Crippen LogP contribution in [0.4, 0.5) is 0 Å². The van der Waals surface area contributed by atoms with Crippen LogP contribution in [0.3, 0.4) is 0 Å². The van der Waals surface area contributed by atoms with Gasteiger partial charge in [0.2, 0.25) is 0 Å². The van der Waals surface area contributed by atoms with Crippen LogP contribution >= 0.6 is 12.6 Å². The van der Waals surface area contributed by atoms with Crippen molar-refractivity contribution in [2.75, 3.05) is 25.6 Å². The molecule has 0 aromatic carbocycles. The molecule has 14 heavy (non-hydrogen) atoms. The minimum Gasteiger partial charge on any atom is -0.378 e. The molecule has 2 nitrogen and oxygen atoms in total. The van der Waals surface area contributed by atoms with Gasteiger partial charge >= 0.3 is 0 Å². The summed E-state index contributed by atoms with van der Waals surface area (Å²) >= 11 is 4.32. The highest BCUT2D eigenvalue weighted by molar-refractivity contribution is 7.80. The van der Waals surface area contributed by atoms with Crippen LogP contribution in [0.25, 0.3) is 0 Å². The Bertz CT molecular complexity index is 135. The molecule has 0 saturated carbocycles. The molecule has 1 rings (SSSR count). The van der Waals surface area contributed by atoms with E-state index >= 15 is 0 Å². The van der Waals surface area contributed by atoms with Gasteiger partial charge in [0.05, 0.1) is 19.3 Å². The lowest BCUT2D eigenvalue weighted by atomic mass is 10.1. The van der Waals surface area contributed by atoms with Crippen molar-refractivity contribution in [1.29, 1.82) is 0 Å². The first-order valence-corrected chi connectivity index (χ1v) is 6.30. The highest BCUT2D eigenvalue weighted by Gasteiger charge is 2.16. The summed E-state index contributed by atoms with van der Waals surface area (Å²) < 4.78 is 11.1. The van der Waals surface area contributed by atoms with Crippen molar-refractivity contribution in [3.05, 3.63) is 0 Å². The van der Waals surface area contributed by atoms with Gasteiger partial charge in [-0.3, -0.25) is 0 Å². The van der Waals surface area contributed by atoms with E-state index in [1.807, 2.05) is 0 Å². The maximum atomic E-state index is 5.65. The second kappa shape index (κ2) is 7.55. The van der Waals surface area contributed by atoms with Crippen LogP contribution in [0.5, 0.6) is 0 Å². The zero-order valence-corrected chi connectivity index (χ0v) is 9.97. The molecule has 2 unspecified atom stereocenters. The van der Waals surface area contributed by atoms with E-state index in [-0.39, 0.29) is 0 Å². The molecule has 0 aliphatic carbocycles. The Balaban J connectivity index is 2.00. The molecule has 0 aromatic rings. The quantitative estimate of drug-likeness (QED) is 0.662. The topological polar surface area (TPSA) is 18.5 Å². The third-order valence-corrected chi connectivity index (χ3v) is 3.15. The van der Waals surface area contributed by atoms with Gasteiger partial charge in [0.1, 0.15) is 0 Å². The summed E-state index contributed by atoms with van der Waals surface area (Å²) in [5.74, 6) is 1.55. The highest BCUT2D eigenvalue weighted by atomic mass is 32.1. The van der Waals surface area contributed by atoms with Gasteiger partial charge in [0.25, 0.3) is 0 Å². The second-order valence-electron chi connectivity index (χ2n) is 4.01. The Morgan fingerprint density at radius 1 is 1.57 bits per heavy atom. The van der Waals surface area contributed by atoms with E-state index in [1.165, 1.54) is 25.7 Å². The Labute approximate surface area is 92.8 Å². The van der Waals surface area contributed by atoms with E-state index in [0.717, 1.165) is 25.6 Å². The SMILES string of the molecule is CCCC(CS)COCC1CCCO1. The second-order valence-corrected chi connectivity index (χ2v) is 4.37. The maximum absolute atomic E-state index is 5.65. The maximum Gasteiger partial charge on any atom is 0.0809 e. The Hall–Kier alpha value is 0.270. The molecule has 1 aliphatic heterocycles. The zero-order valence-electron chi connectivity index (χ0n) is 9.08. The van der Waals surface area contributed by atoms with Crippen molar-refractivity contribution in [2.24, 2.45) is 5.92 Å². The predicted molar refractivity (Wildman–Crippen MR) is 62.0 cm³/mol. The lowest BCUT2D eigenvalue weighted by Gasteiger charge is -2.15. The first-order chi connectivity index (χ1) is 6.86. The van der Waals surface area contributed by atoms with Gasteiger partial charge in [0, 0.05) is 6.61 Å². The lowest BCUT2D eigenvalue weighted by Crippen LogP contribution is -2.18. The molecule has 0 N–H and O–H groups in total. The Morgan fingerprint density at radius 3 is 3.00 bits per heavy atom. The van der Waals surface area contributed by atoms with E-state index in [9.17, 15) is 0 Å². The monoisotopic (exact) mass is 218 g/mol. The third kappa shape index (κ3) is 4.67. The van der Waals surface area contributed by atoms with Gasteiger partial charge in [-0.05, 0) is 30.9 Å². The molecule has 0 bridgehead atoms. The van der Waals surface area contributed by atoms with Gasteiger partial charge in [-0.15, -0.1) is 0 Å². The van der Waals surface area contributed by atoms with Crippen molar-refractivity contribution in [2.45, 2.75) is 38.7 Å². The molecule has 1 saturated heterocycles. The van der Waals surface area contributed by atoms with Gasteiger partial charge in [0.15, 0.2) is 0 Å². The molecule has 1 aliphatic rings. The number of thiol groups is 1. The largest absolute Gasteiger partial charge is 0.378 e. The molecule has 0 spiro atoms. The molecular formula is C11H22O2S. The molecular weight excluding hydrogens is 196 g/mol. The number of ether oxygens (including phenoxy) is 2. The minimum absolute atomic E-state index is 0.359. The van der Waals surface area contributed by atoms with Gasteiger partial charge < -0.3 is 9.47 Å². The summed E-state index contributed by atoms with van der Waals surface area (Å²) in [7, 11) is 0.